The van der Waals surface area contributed by atoms with Crippen LogP contribution in [0, 0.1) is 0 Å². The van der Waals surface area contributed by atoms with Crippen molar-refractivity contribution >= 4 is 0 Å². The molecule has 0 aromatic carbocycles. The molecule has 0 saturated carbocycles. The summed E-state index contributed by atoms with van der Waals surface area (Å²) in [5, 5.41) is 0. The minimum absolute atomic E-state index is 0.0315. The maximum Gasteiger partial charge on any atom is 0.0267 e. The Morgan fingerprint density at radius 2 is 0.896 bits per heavy atom. The number of rotatable bonds is 27. The highest BCUT2D eigenvalue weighted by Crippen LogP contribution is 2.05. The first-order chi connectivity index (χ1) is 26.2. The van der Waals surface area contributed by atoms with Crippen LogP contribution in [-0.4, -0.2) is 0 Å². The van der Waals surface area contributed by atoms with Crippen LogP contribution >= 0.6 is 0 Å². The Labute approximate surface area is 317 Å². The fourth-order valence-corrected chi connectivity index (χ4v) is 3.61. The summed E-state index contributed by atoms with van der Waals surface area (Å²) in [4.78, 5) is 0. The number of allylic oxidation sites excluding steroid dienone is 9. The van der Waals surface area contributed by atoms with Gasteiger partial charge in [-0.15, -0.1) is 6.58 Å². The first kappa shape index (κ1) is 44.5. The molecule has 0 amide bonds. The molecule has 0 N–H and O–H groups in total. The Balaban J connectivity index is -0.000000129. The quantitative estimate of drug-likeness (QED) is 0.0461. The number of hydrogen-bond donors (Lipinski definition) is 0. The molecule has 0 rings (SSSR count). The van der Waals surface area contributed by atoms with Gasteiger partial charge in [0.2, 0.25) is 0 Å². The van der Waals surface area contributed by atoms with Gasteiger partial charge in [0.25, 0.3) is 0 Å². The fraction of sp³-hybridized carbons (Fsp3) is 0.750. The van der Waals surface area contributed by atoms with Crippen LogP contribution in [0.2, 0.25) is 0 Å². The van der Waals surface area contributed by atoms with Crippen LogP contribution in [-0.2, 0) is 0 Å². The third-order valence-electron chi connectivity index (χ3n) is 6.59. The maximum absolute atomic E-state index is 7.50. The van der Waals surface area contributed by atoms with Crippen molar-refractivity contribution in [2.45, 2.75) is 236 Å². The van der Waals surface area contributed by atoms with E-state index in [1.807, 2.05) is 36.5 Å². The SMILES string of the molecule is C=C/C=C/C=C/CC.C=C/C=C/CCCC.C=CCCCCCC.[2H]CCC([2H])CC([2H])CCC.[2H]CCC([2H])CCCCC.[2H]CCCCCCCC. The standard InChI is InChI=1S/3C8H18.C8H16.C8H14.C8H12/c6*1-3-5-7-8-6-4-2/h3*3-8H2,1-2H3;3H,1,4-8H2,2H3;3,5,7H,1,4,6,8H2,2H3;3,5-8H,1,4H2,2H3/b;;;;7-5+;7-5+,8-6+/i1D,5D,8D;1D,5D;1D;;;. The Hall–Kier alpha value is -1.56. The summed E-state index contributed by atoms with van der Waals surface area (Å²) >= 11 is 0. The molecule has 0 aliphatic rings. The summed E-state index contributed by atoms with van der Waals surface area (Å²) in [5.41, 5.74) is 0. The summed E-state index contributed by atoms with van der Waals surface area (Å²) in [7, 11) is 0. The number of unbranched alkanes of at least 4 members (excludes halogenated alkanes) is 13. The predicted molar refractivity (Wildman–Crippen MR) is 234 cm³/mol. The van der Waals surface area contributed by atoms with Crippen molar-refractivity contribution in [2.75, 3.05) is 0 Å². The smallest absolute Gasteiger partial charge is 0.0267 e. The molecule has 0 nitrogen and oxygen atoms in total. The molecule has 3 unspecified atom stereocenters. The molecule has 288 valence electrons. The van der Waals surface area contributed by atoms with E-state index in [4.69, 9.17) is 8.22 Å². The van der Waals surface area contributed by atoms with Gasteiger partial charge in [0.1, 0.15) is 0 Å². The topological polar surface area (TPSA) is 0 Å². The van der Waals surface area contributed by atoms with Crippen molar-refractivity contribution in [1.29, 1.82) is 0 Å². The van der Waals surface area contributed by atoms with Gasteiger partial charge < -0.3 is 0 Å². The van der Waals surface area contributed by atoms with E-state index < -0.39 is 0 Å². The van der Waals surface area contributed by atoms with Gasteiger partial charge in [-0.25, -0.2) is 0 Å². The molecule has 0 heterocycles. The molecule has 0 aliphatic heterocycles. The molecule has 0 heteroatoms. The molecular formula is C48H96. The van der Waals surface area contributed by atoms with Gasteiger partial charge in [-0.2, -0.15) is 0 Å². The minimum atomic E-state index is -0.179. The van der Waals surface area contributed by atoms with Crippen LogP contribution in [0.5, 0.6) is 0 Å². The van der Waals surface area contributed by atoms with Crippen LogP contribution in [0.1, 0.15) is 244 Å². The third-order valence-corrected chi connectivity index (χ3v) is 6.59. The van der Waals surface area contributed by atoms with Crippen LogP contribution in [0.3, 0.4) is 0 Å². The summed E-state index contributed by atoms with van der Waals surface area (Å²) in [6.45, 7) is 25.1. The van der Waals surface area contributed by atoms with Gasteiger partial charge in [-0.1, -0.05) is 278 Å². The summed E-state index contributed by atoms with van der Waals surface area (Å²) in [6, 6.07) is 0. The zero-order chi connectivity index (χ0) is 42.2. The fourth-order valence-electron chi connectivity index (χ4n) is 3.61. The number of hydrogen-bond acceptors (Lipinski definition) is 0. The summed E-state index contributed by atoms with van der Waals surface area (Å²) < 4.78 is 43.0. The average Bonchev–Trinajstić information content (AvgIpc) is 3.15. The van der Waals surface area contributed by atoms with E-state index >= 15 is 0 Å². The van der Waals surface area contributed by atoms with E-state index in [9.17, 15) is 0 Å². The summed E-state index contributed by atoms with van der Waals surface area (Å²) in [6.07, 6.45) is 45.3. The molecule has 3 atom stereocenters. The third kappa shape index (κ3) is 104. The second kappa shape index (κ2) is 75.7. The first-order valence-corrected chi connectivity index (χ1v) is 20.1. The van der Waals surface area contributed by atoms with Crippen LogP contribution in [0.25, 0.3) is 0 Å². The van der Waals surface area contributed by atoms with Crippen molar-refractivity contribution in [2.24, 2.45) is 0 Å². The highest BCUT2D eigenvalue weighted by atomic mass is 13.9. The minimum Gasteiger partial charge on any atom is -0.103 e. The van der Waals surface area contributed by atoms with E-state index in [0.29, 0.717) is 33.5 Å². The Bertz CT molecular complexity index is 702. The lowest BCUT2D eigenvalue weighted by Crippen LogP contribution is -1.73. The second-order valence-corrected chi connectivity index (χ2v) is 11.6. The molecular weight excluding hydrogens is 577 g/mol. The molecule has 0 saturated heterocycles. The van der Waals surface area contributed by atoms with Gasteiger partial charge in [-0.3, -0.25) is 0 Å². The lowest BCUT2D eigenvalue weighted by Gasteiger charge is -1.93. The van der Waals surface area contributed by atoms with E-state index in [0.717, 1.165) is 38.5 Å². The predicted octanol–water partition coefficient (Wildman–Crippen LogP) is 18.9. The van der Waals surface area contributed by atoms with Gasteiger partial charge in [0.05, 0.1) is 0 Å². The average molecular weight is 679 g/mol. The maximum atomic E-state index is 7.50. The lowest BCUT2D eigenvalue weighted by atomic mass is 10.1. The van der Waals surface area contributed by atoms with Crippen molar-refractivity contribution in [3.8, 4) is 0 Å². The molecule has 0 aromatic rings. The van der Waals surface area contributed by atoms with Gasteiger partial charge in [0, 0.05) is 8.22 Å². The highest BCUT2D eigenvalue weighted by Gasteiger charge is 1.85. The van der Waals surface area contributed by atoms with Crippen LogP contribution in [0.4, 0.5) is 0 Å². The molecule has 0 aromatic heterocycles. The molecule has 0 bridgehead atoms. The van der Waals surface area contributed by atoms with Gasteiger partial charge in [0.15, 0.2) is 0 Å². The zero-order valence-corrected chi connectivity index (χ0v) is 34.1. The van der Waals surface area contributed by atoms with E-state index in [2.05, 4.69) is 73.4 Å². The highest BCUT2D eigenvalue weighted by molar-refractivity contribution is 5.08. The molecule has 0 radical (unpaired) electrons. The largest absolute Gasteiger partial charge is 0.103 e. The van der Waals surface area contributed by atoms with Gasteiger partial charge >= 0.3 is 0 Å². The molecule has 48 heavy (non-hydrogen) atoms. The van der Waals surface area contributed by atoms with Gasteiger partial charge in [-0.05, 0) is 25.7 Å². The molecule has 0 aliphatic carbocycles. The monoisotopic (exact) mass is 679 g/mol. The molecule has 0 fully saturated rings. The zero-order valence-electron chi connectivity index (χ0n) is 40.1. The lowest BCUT2D eigenvalue weighted by molar-refractivity contribution is 0.624. The normalized spacial score (nSPS) is 13.6. The van der Waals surface area contributed by atoms with E-state index in [1.54, 1.807) is 6.08 Å². The van der Waals surface area contributed by atoms with E-state index in [-0.39, 0.29) is 19.2 Å². The van der Waals surface area contributed by atoms with E-state index in [1.165, 1.54) is 103 Å². The van der Waals surface area contributed by atoms with Crippen LogP contribution in [0.15, 0.2) is 74.4 Å². The van der Waals surface area contributed by atoms with Crippen molar-refractivity contribution < 1.29 is 8.22 Å². The van der Waals surface area contributed by atoms with Crippen molar-refractivity contribution in [3.05, 3.63) is 74.4 Å². The molecule has 0 spiro atoms. The second-order valence-electron chi connectivity index (χ2n) is 11.6. The van der Waals surface area contributed by atoms with Crippen LogP contribution < -0.4 is 0 Å². The Morgan fingerprint density at radius 3 is 1.38 bits per heavy atom. The first-order valence-electron chi connectivity index (χ1n) is 24.0. The Morgan fingerprint density at radius 1 is 0.396 bits per heavy atom. The Kier molecular flexibility index (Phi) is 70.1. The van der Waals surface area contributed by atoms with Crippen molar-refractivity contribution in [3.63, 3.8) is 0 Å². The summed E-state index contributed by atoms with van der Waals surface area (Å²) in [5.74, 6) is 0. The van der Waals surface area contributed by atoms with Crippen molar-refractivity contribution in [1.82, 2.24) is 0 Å².